The van der Waals surface area contributed by atoms with Crippen molar-refractivity contribution in [3.63, 3.8) is 0 Å². The quantitative estimate of drug-likeness (QED) is 0.407. The monoisotopic (exact) mass is 462 g/mol. The smallest absolute Gasteiger partial charge is 0.260 e. The Morgan fingerprint density at radius 2 is 1.72 bits per heavy atom. The molecule has 5 heteroatoms. The van der Waals surface area contributed by atoms with Crippen molar-refractivity contribution in [2.24, 2.45) is 5.92 Å². The second-order valence-electron chi connectivity index (χ2n) is 8.27. The van der Waals surface area contributed by atoms with E-state index >= 15 is 0 Å². The third-order valence-corrected chi connectivity index (χ3v) is 7.23. The fourth-order valence-electron chi connectivity index (χ4n) is 5.09. The van der Waals surface area contributed by atoms with Gasteiger partial charge in [0.05, 0.1) is 17.3 Å². The molecule has 3 nitrogen and oxygen atoms in total. The Bertz CT molecular complexity index is 1170. The summed E-state index contributed by atoms with van der Waals surface area (Å²) in [5.74, 6) is 0.484. The van der Waals surface area contributed by atoms with Crippen molar-refractivity contribution in [2.75, 3.05) is 16.8 Å². The van der Waals surface area contributed by atoms with E-state index in [0.29, 0.717) is 28.1 Å². The number of hydrogen-bond donors (Lipinski definition) is 1. The minimum atomic E-state index is -0.0792. The van der Waals surface area contributed by atoms with Gasteiger partial charge in [-0.3, -0.25) is 4.79 Å². The highest BCUT2D eigenvalue weighted by Gasteiger charge is 2.41. The zero-order chi connectivity index (χ0) is 22.2. The number of carbonyl (C=O) groups is 1. The Labute approximate surface area is 198 Å². The van der Waals surface area contributed by atoms with E-state index in [2.05, 4.69) is 23.5 Å². The number of anilines is 2. The van der Waals surface area contributed by atoms with Crippen LogP contribution in [0.5, 0.6) is 0 Å². The number of rotatable bonds is 4. The number of halogens is 2. The van der Waals surface area contributed by atoms with E-state index in [-0.39, 0.29) is 17.9 Å². The van der Waals surface area contributed by atoms with Crippen LogP contribution in [-0.2, 0) is 0 Å². The molecule has 1 heterocycles. The summed E-state index contributed by atoms with van der Waals surface area (Å²) in [6, 6.07) is 21.3. The first-order valence-electron chi connectivity index (χ1n) is 11.0. The summed E-state index contributed by atoms with van der Waals surface area (Å²) in [6.45, 7) is 2.58. The van der Waals surface area contributed by atoms with E-state index in [4.69, 9.17) is 23.2 Å². The van der Waals surface area contributed by atoms with Gasteiger partial charge in [0.25, 0.3) is 5.91 Å². The molecule has 162 valence electrons. The number of amides is 1. The van der Waals surface area contributed by atoms with Crippen molar-refractivity contribution in [1.29, 1.82) is 0 Å². The number of para-hydroxylation sites is 2. The van der Waals surface area contributed by atoms with Crippen LogP contribution in [0.2, 0.25) is 10.0 Å². The molecule has 0 spiro atoms. The number of fused-ring (bicyclic) bond motifs is 3. The SMILES string of the molecule is CCN(C(=O)c1cccc2c1NC(c1c(Cl)cccc1Cl)C1CC=CC21)c1ccccc1. The predicted octanol–water partition coefficient (Wildman–Crippen LogP) is 7.49. The largest absolute Gasteiger partial charge is 0.377 e. The van der Waals surface area contributed by atoms with E-state index in [0.717, 1.165) is 28.9 Å². The Kier molecular flexibility index (Phi) is 5.71. The Hall–Kier alpha value is -2.75. The van der Waals surface area contributed by atoms with Gasteiger partial charge in [0.1, 0.15) is 0 Å². The lowest BCUT2D eigenvalue weighted by Gasteiger charge is -2.39. The summed E-state index contributed by atoms with van der Waals surface area (Å²) < 4.78 is 0. The maximum atomic E-state index is 13.7. The van der Waals surface area contributed by atoms with Crippen LogP contribution in [0, 0.1) is 5.92 Å². The molecule has 0 bridgehead atoms. The molecule has 0 aromatic heterocycles. The Morgan fingerprint density at radius 1 is 1.00 bits per heavy atom. The van der Waals surface area contributed by atoms with Crippen molar-refractivity contribution in [1.82, 2.24) is 0 Å². The molecule has 3 aromatic carbocycles. The van der Waals surface area contributed by atoms with Gasteiger partial charge in [-0.25, -0.2) is 0 Å². The standard InChI is InChI=1S/C27H24Cl2N2O/c1-2-31(17-9-4-3-5-10-17)27(32)21-14-7-12-19-18-11-6-13-20(18)26(30-25(19)21)24-22(28)15-8-16-23(24)29/h3-12,14-16,18,20,26,30H,2,13H2,1H3. The average Bonchev–Trinajstić information content (AvgIpc) is 3.30. The molecule has 0 saturated heterocycles. The summed E-state index contributed by atoms with van der Waals surface area (Å²) in [4.78, 5) is 15.5. The highest BCUT2D eigenvalue weighted by atomic mass is 35.5. The molecule has 1 aliphatic heterocycles. The van der Waals surface area contributed by atoms with Crippen LogP contribution >= 0.6 is 23.2 Å². The fraction of sp³-hybridized carbons (Fsp3) is 0.222. The molecule has 3 unspecified atom stereocenters. The molecular formula is C27H24Cl2N2O. The van der Waals surface area contributed by atoms with Gasteiger partial charge in [0, 0.05) is 33.8 Å². The molecule has 1 amide bonds. The summed E-state index contributed by atoms with van der Waals surface area (Å²) in [5, 5.41) is 4.98. The molecule has 2 aliphatic rings. The highest BCUT2D eigenvalue weighted by molar-refractivity contribution is 6.36. The Morgan fingerprint density at radius 3 is 2.44 bits per heavy atom. The maximum Gasteiger partial charge on any atom is 0.260 e. The molecular weight excluding hydrogens is 439 g/mol. The highest BCUT2D eigenvalue weighted by Crippen LogP contribution is 2.52. The average molecular weight is 463 g/mol. The van der Waals surface area contributed by atoms with Crippen LogP contribution in [0.4, 0.5) is 11.4 Å². The normalized spacial score (nSPS) is 20.9. The summed E-state index contributed by atoms with van der Waals surface area (Å²) in [5.41, 5.74) is 4.48. The third-order valence-electron chi connectivity index (χ3n) is 6.57. The second kappa shape index (κ2) is 8.65. The number of carbonyl (C=O) groups excluding carboxylic acids is 1. The molecule has 0 radical (unpaired) electrons. The van der Waals surface area contributed by atoms with Gasteiger partial charge in [-0.1, -0.05) is 71.8 Å². The number of benzene rings is 3. The first-order chi connectivity index (χ1) is 15.6. The Balaban J connectivity index is 1.61. The summed E-state index contributed by atoms with van der Waals surface area (Å²) >= 11 is 13.2. The van der Waals surface area contributed by atoms with Crippen molar-refractivity contribution < 1.29 is 4.79 Å². The predicted molar refractivity (Wildman–Crippen MR) is 133 cm³/mol. The zero-order valence-corrected chi connectivity index (χ0v) is 19.3. The maximum absolute atomic E-state index is 13.7. The minimum absolute atomic E-state index is 0.0208. The molecule has 0 fully saturated rings. The van der Waals surface area contributed by atoms with E-state index in [1.54, 1.807) is 0 Å². The van der Waals surface area contributed by atoms with Gasteiger partial charge in [-0.2, -0.15) is 0 Å². The summed E-state index contributed by atoms with van der Waals surface area (Å²) in [7, 11) is 0. The first-order valence-corrected chi connectivity index (χ1v) is 11.7. The number of nitrogens with one attached hydrogen (secondary N) is 1. The molecule has 1 N–H and O–H groups in total. The van der Waals surface area contributed by atoms with Crippen LogP contribution in [0.15, 0.2) is 78.9 Å². The van der Waals surface area contributed by atoms with E-state index in [1.807, 2.05) is 72.5 Å². The van der Waals surface area contributed by atoms with Crippen LogP contribution in [-0.4, -0.2) is 12.5 Å². The first kappa shape index (κ1) is 21.1. The van der Waals surface area contributed by atoms with Crippen LogP contribution in [0.25, 0.3) is 0 Å². The molecule has 3 aromatic rings. The second-order valence-corrected chi connectivity index (χ2v) is 9.08. The zero-order valence-electron chi connectivity index (χ0n) is 17.8. The van der Waals surface area contributed by atoms with Crippen molar-refractivity contribution in [3.8, 4) is 0 Å². The van der Waals surface area contributed by atoms with E-state index < -0.39 is 0 Å². The molecule has 32 heavy (non-hydrogen) atoms. The lowest BCUT2D eigenvalue weighted by Crippen LogP contribution is -2.34. The van der Waals surface area contributed by atoms with Gasteiger partial charge in [0.2, 0.25) is 0 Å². The van der Waals surface area contributed by atoms with Crippen molar-refractivity contribution >= 4 is 40.5 Å². The van der Waals surface area contributed by atoms with Crippen LogP contribution < -0.4 is 10.2 Å². The van der Waals surface area contributed by atoms with Gasteiger partial charge in [-0.05, 0) is 55.2 Å². The number of allylic oxidation sites excluding steroid dienone is 2. The van der Waals surface area contributed by atoms with E-state index in [1.165, 1.54) is 0 Å². The van der Waals surface area contributed by atoms with Crippen molar-refractivity contribution in [3.05, 3.63) is 106 Å². The fourth-order valence-corrected chi connectivity index (χ4v) is 5.72. The molecule has 0 saturated carbocycles. The van der Waals surface area contributed by atoms with E-state index in [9.17, 15) is 4.79 Å². The number of hydrogen-bond acceptors (Lipinski definition) is 2. The lowest BCUT2D eigenvalue weighted by molar-refractivity contribution is 0.0988. The minimum Gasteiger partial charge on any atom is -0.377 e. The van der Waals surface area contributed by atoms with Crippen molar-refractivity contribution in [2.45, 2.75) is 25.3 Å². The topological polar surface area (TPSA) is 32.3 Å². The molecule has 1 aliphatic carbocycles. The summed E-state index contributed by atoms with van der Waals surface area (Å²) in [6.07, 6.45) is 5.42. The van der Waals surface area contributed by atoms with Crippen LogP contribution in [0.1, 0.15) is 46.8 Å². The van der Waals surface area contributed by atoms with Gasteiger partial charge >= 0.3 is 0 Å². The lowest BCUT2D eigenvalue weighted by atomic mass is 9.76. The van der Waals surface area contributed by atoms with Gasteiger partial charge in [-0.15, -0.1) is 0 Å². The third kappa shape index (κ3) is 3.50. The number of nitrogens with zero attached hydrogens (tertiary/aromatic N) is 1. The van der Waals surface area contributed by atoms with Crippen LogP contribution in [0.3, 0.4) is 0 Å². The molecule has 3 atom stereocenters. The molecule has 5 rings (SSSR count). The van der Waals surface area contributed by atoms with Gasteiger partial charge < -0.3 is 10.2 Å². The van der Waals surface area contributed by atoms with Gasteiger partial charge in [0.15, 0.2) is 0 Å².